The van der Waals surface area contributed by atoms with Crippen LogP contribution in [0.15, 0.2) is 42.2 Å². The number of aromatic nitrogens is 2. The lowest BCUT2D eigenvalue weighted by Crippen LogP contribution is -2.07. The molecule has 0 spiro atoms. The van der Waals surface area contributed by atoms with E-state index in [0.717, 1.165) is 16.5 Å². The first-order valence-corrected chi connectivity index (χ1v) is 7.38. The van der Waals surface area contributed by atoms with E-state index < -0.39 is 5.97 Å². The van der Waals surface area contributed by atoms with Crippen molar-refractivity contribution < 1.29 is 9.53 Å². The van der Waals surface area contributed by atoms with Crippen LogP contribution in [-0.4, -0.2) is 22.5 Å². The molecule has 5 nitrogen and oxygen atoms in total. The molecule has 2 aromatic heterocycles. The molecule has 0 saturated carbocycles. The molecule has 2 heterocycles. The maximum absolute atomic E-state index is 11.9. The number of nitrogens with one attached hydrogen (secondary N) is 1. The summed E-state index contributed by atoms with van der Waals surface area (Å²) >= 11 is 1.36. The number of carbonyl (C=O) groups is 1. The Hall–Kier alpha value is -2.47. The van der Waals surface area contributed by atoms with Gasteiger partial charge < -0.3 is 10.1 Å². The van der Waals surface area contributed by atoms with E-state index >= 15 is 0 Å². The fourth-order valence-electron chi connectivity index (χ4n) is 2.02. The van der Waals surface area contributed by atoms with E-state index in [4.69, 9.17) is 4.74 Å². The zero-order chi connectivity index (χ0) is 14.7. The van der Waals surface area contributed by atoms with Crippen LogP contribution in [-0.2, 0) is 4.74 Å². The molecule has 6 heteroatoms. The molecule has 0 unspecified atom stereocenters. The van der Waals surface area contributed by atoms with Gasteiger partial charge in [0.15, 0.2) is 5.69 Å². The van der Waals surface area contributed by atoms with Crippen molar-refractivity contribution in [1.29, 1.82) is 0 Å². The van der Waals surface area contributed by atoms with Crippen LogP contribution in [0.4, 0.5) is 10.7 Å². The van der Waals surface area contributed by atoms with E-state index in [9.17, 15) is 4.79 Å². The average molecular weight is 299 g/mol. The Morgan fingerprint density at radius 1 is 1.38 bits per heavy atom. The van der Waals surface area contributed by atoms with Gasteiger partial charge in [-0.2, -0.15) is 0 Å². The van der Waals surface area contributed by atoms with Crippen molar-refractivity contribution in [3.8, 4) is 0 Å². The van der Waals surface area contributed by atoms with Crippen molar-refractivity contribution in [2.45, 2.75) is 6.92 Å². The van der Waals surface area contributed by atoms with Gasteiger partial charge in [0, 0.05) is 23.5 Å². The summed E-state index contributed by atoms with van der Waals surface area (Å²) in [6.45, 7) is 2.10. The average Bonchev–Trinajstić information content (AvgIpc) is 2.96. The Kier molecular flexibility index (Phi) is 3.79. The van der Waals surface area contributed by atoms with Crippen LogP contribution in [0.1, 0.15) is 17.4 Å². The number of fused-ring (bicyclic) bond motifs is 1. The van der Waals surface area contributed by atoms with Gasteiger partial charge >= 0.3 is 5.97 Å². The molecule has 3 rings (SSSR count). The van der Waals surface area contributed by atoms with Crippen LogP contribution in [0.5, 0.6) is 0 Å². The highest BCUT2D eigenvalue weighted by Gasteiger charge is 2.16. The third-order valence-corrected chi connectivity index (χ3v) is 3.71. The fraction of sp³-hybridized carbons (Fsp3) is 0.133. The van der Waals surface area contributed by atoms with Crippen LogP contribution in [0.3, 0.4) is 0 Å². The Morgan fingerprint density at radius 3 is 3.14 bits per heavy atom. The van der Waals surface area contributed by atoms with Crippen LogP contribution in [0.2, 0.25) is 0 Å². The predicted octanol–water partition coefficient (Wildman–Crippen LogP) is 3.61. The summed E-state index contributed by atoms with van der Waals surface area (Å²) in [4.78, 5) is 20.1. The number of carbonyl (C=O) groups excluding carboxylic acids is 1. The number of benzene rings is 1. The highest BCUT2D eigenvalue weighted by molar-refractivity contribution is 7.14. The quantitative estimate of drug-likeness (QED) is 0.746. The van der Waals surface area contributed by atoms with Crippen molar-refractivity contribution in [3.05, 3.63) is 47.9 Å². The second-order valence-electron chi connectivity index (χ2n) is 4.28. The van der Waals surface area contributed by atoms with Gasteiger partial charge in [-0.25, -0.2) is 9.78 Å². The molecule has 0 fully saturated rings. The lowest BCUT2D eigenvalue weighted by atomic mass is 10.1. The van der Waals surface area contributed by atoms with Crippen molar-refractivity contribution in [2.75, 3.05) is 11.9 Å². The topological polar surface area (TPSA) is 64.1 Å². The second-order valence-corrected chi connectivity index (χ2v) is 5.13. The first-order valence-electron chi connectivity index (χ1n) is 6.50. The molecule has 1 N–H and O–H groups in total. The monoisotopic (exact) mass is 299 g/mol. The summed E-state index contributed by atoms with van der Waals surface area (Å²) in [5.74, 6) is -0.417. The molecule has 3 aromatic rings. The first-order chi connectivity index (χ1) is 10.3. The number of pyridine rings is 1. The maximum Gasteiger partial charge on any atom is 0.360 e. The number of rotatable bonds is 4. The smallest absolute Gasteiger partial charge is 0.360 e. The number of ether oxygens (including phenoxy) is 1. The lowest BCUT2D eigenvalue weighted by Gasteiger charge is -2.08. The summed E-state index contributed by atoms with van der Waals surface area (Å²) in [7, 11) is 0. The van der Waals surface area contributed by atoms with E-state index in [-0.39, 0.29) is 0 Å². The van der Waals surface area contributed by atoms with Gasteiger partial charge in [-0.3, -0.25) is 4.98 Å². The minimum Gasteiger partial charge on any atom is -0.461 e. The number of hydrogen-bond donors (Lipinski definition) is 1. The molecule has 21 heavy (non-hydrogen) atoms. The standard InChI is InChI=1S/C15H13N3O2S/c1-2-20-15(19)13-14(21-9-17-13)18-12-5-3-4-10-6-7-16-8-11(10)12/h3-9,18H,2H2,1H3. The molecular formula is C15H13N3O2S. The fourth-order valence-corrected chi connectivity index (χ4v) is 2.70. The van der Waals surface area contributed by atoms with E-state index in [1.165, 1.54) is 11.3 Å². The van der Waals surface area contributed by atoms with E-state index in [2.05, 4.69) is 15.3 Å². The van der Waals surface area contributed by atoms with Gasteiger partial charge in [0.1, 0.15) is 5.00 Å². The number of anilines is 2. The number of hydrogen-bond acceptors (Lipinski definition) is 6. The van der Waals surface area contributed by atoms with Crippen molar-refractivity contribution >= 4 is 38.8 Å². The molecule has 0 aliphatic rings. The third-order valence-electron chi connectivity index (χ3n) is 2.97. The van der Waals surface area contributed by atoms with Crippen LogP contribution in [0, 0.1) is 0 Å². The zero-order valence-electron chi connectivity index (χ0n) is 11.4. The van der Waals surface area contributed by atoms with Crippen LogP contribution in [0.25, 0.3) is 10.8 Å². The van der Waals surface area contributed by atoms with E-state index in [0.29, 0.717) is 17.3 Å². The maximum atomic E-state index is 11.9. The molecule has 0 atom stereocenters. The molecule has 0 amide bonds. The molecule has 0 radical (unpaired) electrons. The molecule has 0 aliphatic carbocycles. The van der Waals surface area contributed by atoms with Gasteiger partial charge in [-0.05, 0) is 24.4 Å². The number of esters is 1. The SMILES string of the molecule is CCOC(=O)c1ncsc1Nc1cccc2ccncc12. The number of nitrogens with zero attached hydrogens (tertiary/aromatic N) is 2. The lowest BCUT2D eigenvalue weighted by molar-refractivity contribution is 0.0521. The Balaban J connectivity index is 1.96. The van der Waals surface area contributed by atoms with Crippen LogP contribution < -0.4 is 5.32 Å². The number of thiazole rings is 1. The van der Waals surface area contributed by atoms with Gasteiger partial charge in [0.05, 0.1) is 12.1 Å². The minimum absolute atomic E-state index is 0.308. The van der Waals surface area contributed by atoms with Crippen LogP contribution >= 0.6 is 11.3 Å². The molecule has 0 saturated heterocycles. The normalized spacial score (nSPS) is 10.5. The Bertz CT molecular complexity index is 780. The molecule has 0 bridgehead atoms. The first kappa shape index (κ1) is 13.5. The minimum atomic E-state index is -0.417. The van der Waals surface area contributed by atoms with Gasteiger partial charge in [-0.15, -0.1) is 11.3 Å². The summed E-state index contributed by atoms with van der Waals surface area (Å²) in [6, 6.07) is 7.86. The summed E-state index contributed by atoms with van der Waals surface area (Å²) in [5.41, 5.74) is 2.82. The predicted molar refractivity (Wildman–Crippen MR) is 83.1 cm³/mol. The van der Waals surface area contributed by atoms with Crippen molar-refractivity contribution in [1.82, 2.24) is 9.97 Å². The summed E-state index contributed by atoms with van der Waals surface area (Å²) in [5, 5.41) is 5.99. The Morgan fingerprint density at radius 2 is 2.29 bits per heavy atom. The molecule has 1 aromatic carbocycles. The molecule has 0 aliphatic heterocycles. The van der Waals surface area contributed by atoms with Crippen molar-refractivity contribution in [3.63, 3.8) is 0 Å². The highest BCUT2D eigenvalue weighted by Crippen LogP contribution is 2.29. The summed E-state index contributed by atoms with van der Waals surface area (Å²) in [6.07, 6.45) is 3.55. The Labute approximate surface area is 125 Å². The zero-order valence-corrected chi connectivity index (χ0v) is 12.2. The van der Waals surface area contributed by atoms with Gasteiger partial charge in [0.2, 0.25) is 0 Å². The second kappa shape index (κ2) is 5.88. The summed E-state index contributed by atoms with van der Waals surface area (Å²) < 4.78 is 5.00. The molecular weight excluding hydrogens is 286 g/mol. The van der Waals surface area contributed by atoms with E-state index in [1.807, 2.05) is 24.3 Å². The van der Waals surface area contributed by atoms with Gasteiger partial charge in [-0.1, -0.05) is 12.1 Å². The van der Waals surface area contributed by atoms with Crippen molar-refractivity contribution in [2.24, 2.45) is 0 Å². The van der Waals surface area contributed by atoms with E-state index in [1.54, 1.807) is 24.8 Å². The molecule has 106 valence electrons. The third kappa shape index (κ3) is 2.71. The van der Waals surface area contributed by atoms with Gasteiger partial charge in [0.25, 0.3) is 0 Å². The highest BCUT2D eigenvalue weighted by atomic mass is 32.1. The largest absolute Gasteiger partial charge is 0.461 e.